The number of piperidine rings is 1. The van der Waals surface area contributed by atoms with Crippen LogP contribution in [0.2, 0.25) is 0 Å². The van der Waals surface area contributed by atoms with Crippen LogP contribution < -0.4 is 4.74 Å². The summed E-state index contributed by atoms with van der Waals surface area (Å²) in [6, 6.07) is 4.12. The van der Waals surface area contributed by atoms with Crippen molar-refractivity contribution in [3.8, 4) is 5.75 Å². The fraction of sp³-hybridized carbons (Fsp3) is 0.550. The Morgan fingerprint density at radius 2 is 1.93 bits per heavy atom. The molecule has 0 unspecified atom stereocenters. The maximum atomic E-state index is 13.6. The van der Waals surface area contributed by atoms with Crippen molar-refractivity contribution < 1.29 is 27.6 Å². The Balaban J connectivity index is 2.04. The van der Waals surface area contributed by atoms with Gasteiger partial charge in [0.05, 0.1) is 5.92 Å². The van der Waals surface area contributed by atoms with E-state index in [4.69, 9.17) is 4.74 Å². The molecule has 0 spiro atoms. The number of ketones is 1. The maximum Gasteiger partial charge on any atom is 0.432 e. The highest BCUT2D eigenvalue weighted by atomic mass is 19.4. The van der Waals surface area contributed by atoms with Crippen LogP contribution in [0.1, 0.15) is 44.1 Å². The number of carbonyl (C=O) groups is 1. The van der Waals surface area contributed by atoms with Crippen molar-refractivity contribution in [2.75, 3.05) is 13.1 Å². The van der Waals surface area contributed by atoms with Gasteiger partial charge in [-0.2, -0.15) is 13.2 Å². The lowest BCUT2D eigenvalue weighted by atomic mass is 9.81. The quantitative estimate of drug-likeness (QED) is 0.414. The molecule has 1 saturated heterocycles. The van der Waals surface area contributed by atoms with E-state index in [0.717, 1.165) is 19.3 Å². The van der Waals surface area contributed by atoms with E-state index >= 15 is 0 Å². The predicted octanol–water partition coefficient (Wildman–Crippen LogP) is 4.09. The fourth-order valence-electron chi connectivity index (χ4n) is 4.16. The van der Waals surface area contributed by atoms with Crippen LogP contribution in [0.5, 0.6) is 5.75 Å². The molecule has 9 heteroatoms. The number of hydrogen-bond donors (Lipinski definition) is 0. The SMILES string of the molecule is CC(=O)/C=C(\C[C@H]1c2ccccc2O[C@H](C(F)(F)F)[C@@H]1[N+](=O)[O-])N1CCCCC1. The highest BCUT2D eigenvalue weighted by molar-refractivity contribution is 5.87. The molecule has 29 heavy (non-hydrogen) atoms. The van der Waals surface area contributed by atoms with Crippen LogP contribution >= 0.6 is 0 Å². The number of fused-ring (bicyclic) bond motifs is 1. The third-order valence-electron chi connectivity index (χ3n) is 5.42. The Hall–Kier alpha value is -2.58. The molecule has 1 aromatic rings. The summed E-state index contributed by atoms with van der Waals surface area (Å²) in [6.45, 7) is 2.72. The van der Waals surface area contributed by atoms with Gasteiger partial charge >= 0.3 is 6.18 Å². The molecule has 0 N–H and O–H groups in total. The van der Waals surface area contributed by atoms with Crippen molar-refractivity contribution >= 4 is 5.78 Å². The van der Waals surface area contributed by atoms with Gasteiger partial charge in [0, 0.05) is 35.7 Å². The molecule has 0 radical (unpaired) electrons. The molecule has 158 valence electrons. The summed E-state index contributed by atoms with van der Waals surface area (Å²) in [5, 5.41) is 11.7. The van der Waals surface area contributed by atoms with Crippen molar-refractivity contribution in [2.45, 2.75) is 56.8 Å². The minimum Gasteiger partial charge on any atom is -0.473 e. The number of likely N-dealkylation sites (tertiary alicyclic amines) is 1. The number of nitrogens with zero attached hydrogens (tertiary/aromatic N) is 2. The van der Waals surface area contributed by atoms with Gasteiger partial charge in [-0.15, -0.1) is 0 Å². The molecule has 3 atom stereocenters. The van der Waals surface area contributed by atoms with Crippen molar-refractivity contribution in [3.63, 3.8) is 0 Å². The molecule has 2 aliphatic rings. The van der Waals surface area contributed by atoms with Crippen LogP contribution in [0.3, 0.4) is 0 Å². The fourth-order valence-corrected chi connectivity index (χ4v) is 4.16. The summed E-state index contributed by atoms with van der Waals surface area (Å²) < 4.78 is 45.9. The van der Waals surface area contributed by atoms with Crippen molar-refractivity contribution in [3.05, 3.63) is 51.7 Å². The minimum atomic E-state index is -4.89. The zero-order valence-electron chi connectivity index (χ0n) is 16.0. The molecule has 2 aliphatic heterocycles. The summed E-state index contributed by atoms with van der Waals surface area (Å²) >= 11 is 0. The Kier molecular flexibility index (Phi) is 6.14. The molecule has 0 aromatic heterocycles. The van der Waals surface area contributed by atoms with E-state index < -0.39 is 29.2 Å². The predicted molar refractivity (Wildman–Crippen MR) is 99.2 cm³/mol. The lowest BCUT2D eigenvalue weighted by Gasteiger charge is -2.38. The number of alkyl halides is 3. The van der Waals surface area contributed by atoms with Crippen LogP contribution in [-0.2, 0) is 4.79 Å². The van der Waals surface area contributed by atoms with Crippen molar-refractivity contribution in [1.29, 1.82) is 0 Å². The molecule has 3 rings (SSSR count). The zero-order valence-corrected chi connectivity index (χ0v) is 16.0. The Morgan fingerprint density at radius 3 is 2.52 bits per heavy atom. The third kappa shape index (κ3) is 4.71. The Morgan fingerprint density at radius 1 is 1.28 bits per heavy atom. The second-order valence-electron chi connectivity index (χ2n) is 7.50. The van der Waals surface area contributed by atoms with Gasteiger partial charge in [0.25, 0.3) is 12.1 Å². The third-order valence-corrected chi connectivity index (χ3v) is 5.42. The van der Waals surface area contributed by atoms with Gasteiger partial charge in [-0.05, 0) is 38.3 Å². The molecule has 0 saturated carbocycles. The standard InChI is InChI=1S/C20H23F3N2O4/c1-13(26)11-14(24-9-5-2-6-10-24)12-16-15-7-3-4-8-17(15)29-19(20(21,22)23)18(16)25(27)28/h3-4,7-8,11,16,18-19H,2,5-6,9-10,12H2,1H3/b14-11+/t16-,18+,19-/m0/s1. The van der Waals surface area contributed by atoms with Crippen LogP contribution in [-0.4, -0.2) is 47.0 Å². The first-order valence-corrected chi connectivity index (χ1v) is 9.60. The summed E-state index contributed by atoms with van der Waals surface area (Å²) in [6.07, 6.45) is -3.22. The molecule has 0 amide bonds. The highest BCUT2D eigenvalue weighted by Crippen LogP contribution is 2.45. The van der Waals surface area contributed by atoms with E-state index in [0.29, 0.717) is 24.4 Å². The molecular formula is C20H23F3N2O4. The van der Waals surface area contributed by atoms with Gasteiger partial charge in [-0.25, -0.2) is 0 Å². The smallest absolute Gasteiger partial charge is 0.432 e. The highest BCUT2D eigenvalue weighted by Gasteiger charge is 2.59. The monoisotopic (exact) mass is 412 g/mol. The largest absolute Gasteiger partial charge is 0.473 e. The summed E-state index contributed by atoms with van der Waals surface area (Å²) in [4.78, 5) is 24.6. The number of para-hydroxylation sites is 1. The summed E-state index contributed by atoms with van der Waals surface area (Å²) in [7, 11) is 0. The number of benzene rings is 1. The number of rotatable bonds is 5. The van der Waals surface area contributed by atoms with Gasteiger partial charge in [0.1, 0.15) is 5.75 Å². The number of carbonyl (C=O) groups excluding carboxylic acids is 1. The van der Waals surface area contributed by atoms with Gasteiger partial charge in [-0.3, -0.25) is 14.9 Å². The van der Waals surface area contributed by atoms with Crippen molar-refractivity contribution in [2.24, 2.45) is 0 Å². The Labute approximate surface area is 166 Å². The van der Waals surface area contributed by atoms with E-state index in [1.165, 1.54) is 25.1 Å². The van der Waals surface area contributed by atoms with Gasteiger partial charge in [0.2, 0.25) is 0 Å². The first kappa shape index (κ1) is 21.1. The second-order valence-corrected chi connectivity index (χ2v) is 7.50. The van der Waals surface area contributed by atoms with Crippen LogP contribution in [0.15, 0.2) is 36.0 Å². The lowest BCUT2D eigenvalue weighted by Crippen LogP contribution is -2.53. The minimum absolute atomic E-state index is 0.00116. The number of hydrogen-bond acceptors (Lipinski definition) is 5. The van der Waals surface area contributed by atoms with E-state index in [2.05, 4.69) is 0 Å². The summed E-state index contributed by atoms with van der Waals surface area (Å²) in [5.41, 5.74) is 0.910. The summed E-state index contributed by atoms with van der Waals surface area (Å²) in [5.74, 6) is -1.30. The number of halogens is 3. The molecule has 6 nitrogen and oxygen atoms in total. The Bertz CT molecular complexity index is 803. The van der Waals surface area contributed by atoms with Gasteiger partial charge in [-0.1, -0.05) is 18.2 Å². The average molecular weight is 412 g/mol. The normalized spacial score (nSPS) is 25.2. The zero-order chi connectivity index (χ0) is 21.2. The lowest BCUT2D eigenvalue weighted by molar-refractivity contribution is -0.548. The molecule has 1 aromatic carbocycles. The average Bonchev–Trinajstić information content (AvgIpc) is 2.66. The van der Waals surface area contributed by atoms with Gasteiger partial charge in [0.15, 0.2) is 5.78 Å². The van der Waals surface area contributed by atoms with E-state index in [1.807, 2.05) is 4.90 Å². The molecular weight excluding hydrogens is 389 g/mol. The van der Waals surface area contributed by atoms with Crippen LogP contribution in [0, 0.1) is 10.1 Å². The van der Waals surface area contributed by atoms with E-state index in [-0.39, 0.29) is 18.0 Å². The van der Waals surface area contributed by atoms with E-state index in [1.54, 1.807) is 12.1 Å². The molecule has 1 fully saturated rings. The van der Waals surface area contributed by atoms with Gasteiger partial charge < -0.3 is 9.64 Å². The number of ether oxygens (including phenoxy) is 1. The second kappa shape index (κ2) is 8.42. The van der Waals surface area contributed by atoms with Crippen LogP contribution in [0.4, 0.5) is 13.2 Å². The maximum absolute atomic E-state index is 13.6. The first-order chi connectivity index (χ1) is 13.7. The van der Waals surface area contributed by atoms with Crippen molar-refractivity contribution in [1.82, 2.24) is 4.90 Å². The molecule has 0 bridgehead atoms. The van der Waals surface area contributed by atoms with E-state index in [9.17, 15) is 28.1 Å². The topological polar surface area (TPSA) is 72.7 Å². The molecule has 0 aliphatic carbocycles. The molecule has 2 heterocycles. The number of allylic oxidation sites excluding steroid dienone is 2. The number of nitro groups is 1. The van der Waals surface area contributed by atoms with Crippen LogP contribution in [0.25, 0.3) is 0 Å². The first-order valence-electron chi connectivity index (χ1n) is 9.60.